The maximum absolute atomic E-state index is 13.4. The molecule has 144 valence electrons. The zero-order chi connectivity index (χ0) is 20.2. The summed E-state index contributed by atoms with van der Waals surface area (Å²) in [6, 6.07) is 20.0. The third-order valence-electron chi connectivity index (χ3n) is 5.34. The van der Waals surface area contributed by atoms with E-state index in [1.54, 1.807) is 18.2 Å². The minimum atomic E-state index is -0.174. The number of hydrogen-bond acceptors (Lipinski definition) is 2. The molecular weight excluding hydrogens is 363 g/mol. The van der Waals surface area contributed by atoms with Crippen molar-refractivity contribution in [1.29, 1.82) is 0 Å². The summed E-state index contributed by atoms with van der Waals surface area (Å²) in [6.07, 6.45) is 1.16. The molecular formula is C25H21FN2O. The first-order valence-electron chi connectivity index (χ1n) is 9.69. The number of halogens is 1. The number of carbonyl (C=O) groups excluding carboxylic acids is 1. The van der Waals surface area contributed by atoms with Gasteiger partial charge in [0.1, 0.15) is 5.82 Å². The molecule has 1 aliphatic rings. The van der Waals surface area contributed by atoms with E-state index in [2.05, 4.69) is 9.74 Å². The molecule has 3 nitrogen and oxygen atoms in total. The van der Waals surface area contributed by atoms with E-state index >= 15 is 0 Å². The summed E-state index contributed by atoms with van der Waals surface area (Å²) < 4.78 is 13.4. The highest BCUT2D eigenvalue weighted by molar-refractivity contribution is 5.97. The maximum atomic E-state index is 13.4. The molecule has 29 heavy (non-hydrogen) atoms. The Hall–Kier alpha value is -3.29. The van der Waals surface area contributed by atoms with Crippen LogP contribution in [0.2, 0.25) is 0 Å². The van der Waals surface area contributed by atoms with Crippen LogP contribution in [0.15, 0.2) is 66.7 Å². The summed E-state index contributed by atoms with van der Waals surface area (Å²) in [6.45, 7) is 9.44. The van der Waals surface area contributed by atoms with Crippen LogP contribution in [0.25, 0.3) is 4.85 Å². The van der Waals surface area contributed by atoms with Crippen molar-refractivity contribution in [1.82, 2.24) is 4.90 Å². The molecule has 0 radical (unpaired) electrons. The van der Waals surface area contributed by atoms with Crippen molar-refractivity contribution >= 4 is 11.5 Å². The zero-order valence-corrected chi connectivity index (χ0v) is 16.1. The van der Waals surface area contributed by atoms with E-state index in [-0.39, 0.29) is 11.6 Å². The Bertz CT molecular complexity index is 1080. The van der Waals surface area contributed by atoms with Gasteiger partial charge in [0.2, 0.25) is 0 Å². The van der Waals surface area contributed by atoms with Crippen molar-refractivity contribution in [3.63, 3.8) is 0 Å². The lowest BCUT2D eigenvalue weighted by molar-refractivity contribution is 0.0992. The molecule has 3 aromatic carbocycles. The average molecular weight is 384 g/mol. The second-order valence-corrected chi connectivity index (χ2v) is 7.45. The van der Waals surface area contributed by atoms with E-state index in [0.717, 1.165) is 42.7 Å². The van der Waals surface area contributed by atoms with E-state index in [1.165, 1.54) is 11.6 Å². The van der Waals surface area contributed by atoms with Gasteiger partial charge in [-0.1, -0.05) is 48.5 Å². The van der Waals surface area contributed by atoms with Gasteiger partial charge in [-0.3, -0.25) is 9.69 Å². The number of hydrogen-bond donors (Lipinski definition) is 0. The van der Waals surface area contributed by atoms with E-state index in [0.29, 0.717) is 17.7 Å². The number of fused-ring (bicyclic) bond motifs is 1. The van der Waals surface area contributed by atoms with Crippen LogP contribution in [0.3, 0.4) is 0 Å². The molecule has 0 aromatic heterocycles. The fourth-order valence-corrected chi connectivity index (χ4v) is 3.79. The van der Waals surface area contributed by atoms with Crippen molar-refractivity contribution in [2.24, 2.45) is 0 Å². The minimum absolute atomic E-state index is 0.0712. The predicted molar refractivity (Wildman–Crippen MR) is 111 cm³/mol. The van der Waals surface area contributed by atoms with Crippen molar-refractivity contribution in [2.45, 2.75) is 25.9 Å². The monoisotopic (exact) mass is 384 g/mol. The molecule has 0 N–H and O–H groups in total. The number of rotatable bonds is 5. The normalized spacial score (nSPS) is 13.5. The maximum Gasteiger partial charge on any atom is 0.187 e. The topological polar surface area (TPSA) is 24.7 Å². The van der Waals surface area contributed by atoms with Crippen LogP contribution in [-0.4, -0.2) is 17.2 Å². The van der Waals surface area contributed by atoms with Gasteiger partial charge in [0.15, 0.2) is 11.5 Å². The third kappa shape index (κ3) is 4.59. The van der Waals surface area contributed by atoms with Gasteiger partial charge in [0.05, 0.1) is 6.57 Å². The van der Waals surface area contributed by atoms with Gasteiger partial charge in [0, 0.05) is 31.6 Å². The minimum Gasteiger partial charge on any atom is -0.294 e. The Kier molecular flexibility index (Phi) is 5.50. The molecule has 1 heterocycles. The van der Waals surface area contributed by atoms with Crippen LogP contribution in [0, 0.1) is 12.4 Å². The Labute approximate surface area is 170 Å². The standard InChI is InChI=1S/C25H21FN2O/c1-27-24-9-5-18(6-10-24)14-25(29)21-4-2-3-19(13-21)16-28-12-11-20-15-23(26)8-7-22(20)17-28/h2-10,13,15H,11-12,14,16-17H2. The number of ketones is 1. The molecule has 0 bridgehead atoms. The highest BCUT2D eigenvalue weighted by atomic mass is 19.1. The molecule has 0 fully saturated rings. The smallest absolute Gasteiger partial charge is 0.187 e. The number of Topliss-reactive ketones (excluding diaryl/α,β-unsaturated/α-hetero) is 1. The Morgan fingerprint density at radius 2 is 1.83 bits per heavy atom. The Balaban J connectivity index is 1.42. The second kappa shape index (κ2) is 8.38. The van der Waals surface area contributed by atoms with Crippen LogP contribution >= 0.6 is 0 Å². The first-order chi connectivity index (χ1) is 14.1. The first-order valence-corrected chi connectivity index (χ1v) is 9.69. The molecule has 0 unspecified atom stereocenters. The summed E-state index contributed by atoms with van der Waals surface area (Å²) in [5.41, 5.74) is 5.56. The molecule has 0 spiro atoms. The molecule has 4 rings (SSSR count). The summed E-state index contributed by atoms with van der Waals surface area (Å²) >= 11 is 0. The molecule has 0 amide bonds. The van der Waals surface area contributed by atoms with Gasteiger partial charge >= 0.3 is 0 Å². The Morgan fingerprint density at radius 3 is 2.62 bits per heavy atom. The summed E-state index contributed by atoms with van der Waals surface area (Å²) in [5, 5.41) is 0. The molecule has 4 heteroatoms. The summed E-state index contributed by atoms with van der Waals surface area (Å²) in [5.74, 6) is -0.103. The average Bonchev–Trinajstić information content (AvgIpc) is 2.74. The number of carbonyl (C=O) groups is 1. The van der Waals surface area contributed by atoms with Gasteiger partial charge < -0.3 is 0 Å². The van der Waals surface area contributed by atoms with Crippen molar-refractivity contribution in [2.75, 3.05) is 6.54 Å². The highest BCUT2D eigenvalue weighted by Crippen LogP contribution is 2.22. The molecule has 0 saturated carbocycles. The van der Waals surface area contributed by atoms with Crippen molar-refractivity contribution < 1.29 is 9.18 Å². The quantitative estimate of drug-likeness (QED) is 0.437. The van der Waals surface area contributed by atoms with Gasteiger partial charge in [-0.25, -0.2) is 9.24 Å². The van der Waals surface area contributed by atoms with E-state index in [9.17, 15) is 9.18 Å². The first kappa shape index (κ1) is 19.0. The highest BCUT2D eigenvalue weighted by Gasteiger charge is 2.17. The zero-order valence-electron chi connectivity index (χ0n) is 16.1. The predicted octanol–water partition coefficient (Wildman–Crippen LogP) is 5.36. The second-order valence-electron chi connectivity index (χ2n) is 7.45. The van der Waals surface area contributed by atoms with Gasteiger partial charge in [0.25, 0.3) is 0 Å². The van der Waals surface area contributed by atoms with Gasteiger partial charge in [-0.05, 0) is 46.9 Å². The van der Waals surface area contributed by atoms with E-state index < -0.39 is 0 Å². The van der Waals surface area contributed by atoms with Crippen LogP contribution in [0.5, 0.6) is 0 Å². The van der Waals surface area contributed by atoms with Crippen LogP contribution in [-0.2, 0) is 25.9 Å². The van der Waals surface area contributed by atoms with Crippen molar-refractivity contribution in [3.8, 4) is 0 Å². The largest absolute Gasteiger partial charge is 0.294 e. The Morgan fingerprint density at radius 1 is 1.00 bits per heavy atom. The van der Waals surface area contributed by atoms with E-state index in [1.807, 2.05) is 42.5 Å². The summed E-state index contributed by atoms with van der Waals surface area (Å²) in [7, 11) is 0. The fraction of sp³-hybridized carbons (Fsp3) is 0.200. The molecule has 1 aliphatic heterocycles. The molecule has 0 aliphatic carbocycles. The third-order valence-corrected chi connectivity index (χ3v) is 5.34. The lowest BCUT2D eigenvalue weighted by Gasteiger charge is -2.28. The molecule has 0 saturated heterocycles. The van der Waals surface area contributed by atoms with Gasteiger partial charge in [-0.15, -0.1) is 0 Å². The number of benzene rings is 3. The van der Waals surface area contributed by atoms with Gasteiger partial charge in [-0.2, -0.15) is 0 Å². The SMILES string of the molecule is [C-]#[N+]c1ccc(CC(=O)c2cccc(CN3CCc4cc(F)ccc4C3)c2)cc1. The van der Waals surface area contributed by atoms with E-state index in [4.69, 9.17) is 6.57 Å². The number of nitrogens with zero attached hydrogens (tertiary/aromatic N) is 2. The molecule has 0 atom stereocenters. The van der Waals surface area contributed by atoms with Crippen LogP contribution in [0.4, 0.5) is 10.1 Å². The van der Waals surface area contributed by atoms with Crippen LogP contribution in [0.1, 0.15) is 32.6 Å². The fourth-order valence-electron chi connectivity index (χ4n) is 3.79. The lowest BCUT2D eigenvalue weighted by Crippen LogP contribution is -2.30. The lowest BCUT2D eigenvalue weighted by atomic mass is 9.98. The van der Waals surface area contributed by atoms with Crippen LogP contribution < -0.4 is 0 Å². The molecule has 3 aromatic rings. The van der Waals surface area contributed by atoms with Crippen molar-refractivity contribution in [3.05, 3.63) is 112 Å². The summed E-state index contributed by atoms with van der Waals surface area (Å²) in [4.78, 5) is 18.4.